The molecule has 0 aromatic carbocycles. The van der Waals surface area contributed by atoms with Crippen LogP contribution < -0.4 is 11.1 Å². The highest BCUT2D eigenvalue weighted by Crippen LogP contribution is 2.38. The zero-order valence-electron chi connectivity index (χ0n) is 14.0. The molecule has 3 N–H and O–H groups in total. The number of hydrogen-bond donors (Lipinski definition) is 2. The standard InChI is InChI=1S/C16H16Cl2N4O2S2/c1-16(2)15(19)20-9(7-26(16)24)13-8(17)6-10(25-13)14(23)22-12-5-3-4-11(18)21-12/h3-6,9H,7H2,1-2H3,(H2,19,20)(H,21,22,23). The molecule has 2 aromatic heterocycles. The van der Waals surface area contributed by atoms with E-state index in [4.69, 9.17) is 28.9 Å². The van der Waals surface area contributed by atoms with Crippen molar-refractivity contribution in [3.63, 3.8) is 0 Å². The van der Waals surface area contributed by atoms with E-state index < -0.39 is 21.6 Å². The quantitative estimate of drug-likeness (QED) is 0.725. The number of rotatable bonds is 3. The van der Waals surface area contributed by atoms with E-state index in [0.29, 0.717) is 32.2 Å². The third-order valence-electron chi connectivity index (χ3n) is 3.99. The van der Waals surface area contributed by atoms with E-state index in [1.165, 1.54) is 11.3 Å². The van der Waals surface area contributed by atoms with Gasteiger partial charge in [-0.3, -0.25) is 14.0 Å². The summed E-state index contributed by atoms with van der Waals surface area (Å²) in [5, 5.41) is 3.35. The Kier molecular flexibility index (Phi) is 5.39. The van der Waals surface area contributed by atoms with Crippen LogP contribution in [0.3, 0.4) is 0 Å². The maximum absolute atomic E-state index is 12.4. The fourth-order valence-electron chi connectivity index (χ4n) is 2.34. The molecule has 2 unspecified atom stereocenters. The summed E-state index contributed by atoms with van der Waals surface area (Å²) >= 11 is 13.3. The van der Waals surface area contributed by atoms with Crippen molar-refractivity contribution in [1.29, 1.82) is 0 Å². The number of aromatic nitrogens is 1. The van der Waals surface area contributed by atoms with Crippen molar-refractivity contribution in [2.45, 2.75) is 24.6 Å². The van der Waals surface area contributed by atoms with E-state index in [1.54, 1.807) is 38.1 Å². The van der Waals surface area contributed by atoms with E-state index in [0.717, 1.165) is 0 Å². The van der Waals surface area contributed by atoms with Crippen molar-refractivity contribution in [1.82, 2.24) is 4.98 Å². The lowest BCUT2D eigenvalue weighted by atomic mass is 10.1. The van der Waals surface area contributed by atoms with Crippen LogP contribution in [0.1, 0.15) is 34.4 Å². The Hall–Kier alpha value is -1.48. The van der Waals surface area contributed by atoms with Crippen molar-refractivity contribution in [3.05, 3.63) is 44.2 Å². The number of thiophene rings is 1. The minimum absolute atomic E-state index is 0.282. The number of nitrogens with two attached hydrogens (primary N) is 1. The molecule has 138 valence electrons. The number of carbonyl (C=O) groups is 1. The first-order valence-corrected chi connectivity index (χ1v) is 10.5. The van der Waals surface area contributed by atoms with Crippen LogP contribution in [-0.2, 0) is 10.8 Å². The van der Waals surface area contributed by atoms with Crippen LogP contribution in [0.15, 0.2) is 29.3 Å². The van der Waals surface area contributed by atoms with E-state index >= 15 is 0 Å². The van der Waals surface area contributed by atoms with Gasteiger partial charge >= 0.3 is 0 Å². The lowest BCUT2D eigenvalue weighted by molar-refractivity contribution is 0.103. The molecule has 2 atom stereocenters. The normalized spacial score (nSPS) is 21.9. The molecule has 26 heavy (non-hydrogen) atoms. The third kappa shape index (κ3) is 3.78. The highest BCUT2D eigenvalue weighted by molar-refractivity contribution is 7.87. The summed E-state index contributed by atoms with van der Waals surface area (Å²) in [7, 11) is -1.19. The molecule has 3 rings (SSSR count). The number of nitrogens with zero attached hydrogens (tertiary/aromatic N) is 2. The van der Waals surface area contributed by atoms with Crippen molar-refractivity contribution >= 4 is 62.9 Å². The average Bonchev–Trinajstić information content (AvgIpc) is 2.95. The van der Waals surface area contributed by atoms with Crippen molar-refractivity contribution in [3.8, 4) is 0 Å². The second-order valence-electron chi connectivity index (χ2n) is 6.18. The summed E-state index contributed by atoms with van der Waals surface area (Å²) in [6, 6.07) is 6.08. The summed E-state index contributed by atoms with van der Waals surface area (Å²) < 4.78 is 11.8. The van der Waals surface area contributed by atoms with Gasteiger partial charge in [0.1, 0.15) is 16.8 Å². The second kappa shape index (κ2) is 7.26. The fourth-order valence-corrected chi connectivity index (χ4v) is 5.24. The van der Waals surface area contributed by atoms with Crippen LogP contribution in [0.2, 0.25) is 10.2 Å². The van der Waals surface area contributed by atoms with Crippen molar-refractivity contribution in [2.75, 3.05) is 11.1 Å². The van der Waals surface area contributed by atoms with Gasteiger partial charge in [0.15, 0.2) is 0 Å². The molecule has 10 heteroatoms. The van der Waals surface area contributed by atoms with E-state index in [9.17, 15) is 9.00 Å². The van der Waals surface area contributed by atoms with Crippen LogP contribution >= 0.6 is 34.5 Å². The molecular weight excluding hydrogens is 415 g/mol. The van der Waals surface area contributed by atoms with Gasteiger partial charge in [-0.25, -0.2) is 4.98 Å². The molecule has 1 amide bonds. The first-order valence-electron chi connectivity index (χ1n) is 7.64. The predicted octanol–water partition coefficient (Wildman–Crippen LogP) is 3.64. The maximum Gasteiger partial charge on any atom is 0.266 e. The van der Waals surface area contributed by atoms with Gasteiger partial charge in [-0.05, 0) is 32.0 Å². The number of hydrogen-bond acceptors (Lipinski definition) is 6. The van der Waals surface area contributed by atoms with Crippen LogP contribution in [0.25, 0.3) is 0 Å². The highest BCUT2D eigenvalue weighted by Gasteiger charge is 2.38. The zero-order chi connectivity index (χ0) is 19.1. The van der Waals surface area contributed by atoms with Gasteiger partial charge in [0.2, 0.25) is 0 Å². The third-order valence-corrected chi connectivity index (χ3v) is 7.82. The number of pyridine rings is 1. The SMILES string of the molecule is CC1(C)C(N)=NC(c2sc(C(=O)Nc3cccc(Cl)n3)cc2Cl)CS1=O. The van der Waals surface area contributed by atoms with Crippen molar-refractivity contribution in [2.24, 2.45) is 10.7 Å². The van der Waals surface area contributed by atoms with E-state index in [-0.39, 0.29) is 11.1 Å². The van der Waals surface area contributed by atoms with E-state index in [1.807, 2.05) is 0 Å². The summed E-state index contributed by atoms with van der Waals surface area (Å²) in [5.41, 5.74) is 5.98. The molecule has 0 spiro atoms. The van der Waals surface area contributed by atoms with Gasteiger partial charge < -0.3 is 11.1 Å². The summed E-state index contributed by atoms with van der Waals surface area (Å²) in [4.78, 5) is 22.0. The summed E-state index contributed by atoms with van der Waals surface area (Å²) in [6.45, 7) is 3.59. The lowest BCUT2D eigenvalue weighted by Crippen LogP contribution is -2.47. The molecule has 2 aromatic rings. The fraction of sp³-hybridized carbons (Fsp3) is 0.312. The molecule has 1 aliphatic rings. The van der Waals surface area contributed by atoms with Gasteiger partial charge in [-0.15, -0.1) is 11.3 Å². The van der Waals surface area contributed by atoms with Gasteiger partial charge in [0, 0.05) is 15.7 Å². The van der Waals surface area contributed by atoms with Crippen LogP contribution in [0.5, 0.6) is 0 Å². The number of aliphatic imine (C=N–C) groups is 1. The smallest absolute Gasteiger partial charge is 0.266 e. The Morgan fingerprint density at radius 1 is 1.42 bits per heavy atom. The van der Waals surface area contributed by atoms with Crippen LogP contribution in [0.4, 0.5) is 5.82 Å². The largest absolute Gasteiger partial charge is 0.386 e. The molecular formula is C16H16Cl2N4O2S2. The molecule has 0 aliphatic carbocycles. The molecule has 0 radical (unpaired) electrons. The minimum atomic E-state index is -1.19. The zero-order valence-corrected chi connectivity index (χ0v) is 17.1. The van der Waals surface area contributed by atoms with Gasteiger partial charge in [-0.1, -0.05) is 29.3 Å². The number of carbonyl (C=O) groups excluding carboxylic acids is 1. The highest BCUT2D eigenvalue weighted by atomic mass is 35.5. The Morgan fingerprint density at radius 3 is 2.81 bits per heavy atom. The van der Waals surface area contributed by atoms with Gasteiger partial charge in [0.05, 0.1) is 26.4 Å². The molecule has 0 fully saturated rings. The number of anilines is 1. The van der Waals surface area contributed by atoms with Gasteiger partial charge in [0.25, 0.3) is 5.91 Å². The Bertz CT molecular complexity index is 927. The molecule has 1 aliphatic heterocycles. The van der Waals surface area contributed by atoms with Crippen LogP contribution in [0, 0.1) is 0 Å². The first kappa shape index (κ1) is 19.3. The molecule has 0 saturated heterocycles. The first-order chi connectivity index (χ1) is 12.2. The predicted molar refractivity (Wildman–Crippen MR) is 108 cm³/mol. The summed E-state index contributed by atoms with van der Waals surface area (Å²) in [6.07, 6.45) is 0. The number of nitrogens with one attached hydrogen (secondary N) is 1. The van der Waals surface area contributed by atoms with Crippen LogP contribution in [-0.4, -0.2) is 31.4 Å². The topological polar surface area (TPSA) is 97.4 Å². The molecule has 3 heterocycles. The van der Waals surface area contributed by atoms with E-state index in [2.05, 4.69) is 15.3 Å². The van der Waals surface area contributed by atoms with Crippen molar-refractivity contribution < 1.29 is 9.00 Å². The Labute approximate surface area is 167 Å². The molecule has 0 bridgehead atoms. The number of amides is 1. The minimum Gasteiger partial charge on any atom is -0.386 e. The monoisotopic (exact) mass is 430 g/mol. The maximum atomic E-state index is 12.4. The molecule has 0 saturated carbocycles. The lowest BCUT2D eigenvalue weighted by Gasteiger charge is -2.30. The molecule has 6 nitrogen and oxygen atoms in total. The summed E-state index contributed by atoms with van der Waals surface area (Å²) in [5.74, 6) is 0.624. The second-order valence-corrected chi connectivity index (χ2v) is 10.1. The average molecular weight is 431 g/mol. The Balaban J connectivity index is 1.84. The Morgan fingerprint density at radius 2 is 2.15 bits per heavy atom. The number of halogens is 2. The number of amidine groups is 1. The van der Waals surface area contributed by atoms with Gasteiger partial charge in [-0.2, -0.15) is 0 Å².